The summed E-state index contributed by atoms with van der Waals surface area (Å²) in [6.45, 7) is 2.07. The second kappa shape index (κ2) is 6.93. The van der Waals surface area contributed by atoms with Gasteiger partial charge in [-0.3, -0.25) is 0 Å². The minimum Gasteiger partial charge on any atom is -0.478 e. The minimum absolute atomic E-state index is 0.0331. The molecule has 5 heteroatoms. The van der Waals surface area contributed by atoms with Crippen molar-refractivity contribution in [1.29, 1.82) is 0 Å². The number of aromatic carboxylic acids is 1. The van der Waals surface area contributed by atoms with Crippen LogP contribution in [0.15, 0.2) is 24.3 Å². The maximum Gasteiger partial charge on any atom is 0.335 e. The Morgan fingerprint density at radius 1 is 1.05 bits per heavy atom. The van der Waals surface area contributed by atoms with E-state index in [-0.39, 0.29) is 11.6 Å². The molecule has 0 bridgehead atoms. The van der Waals surface area contributed by atoms with Gasteiger partial charge in [0.1, 0.15) is 0 Å². The third-order valence-corrected chi connectivity index (χ3v) is 3.54. The molecule has 2 rings (SSSR count). The molecule has 5 nitrogen and oxygen atoms in total. The molecule has 2 N–H and O–H groups in total. The third kappa shape index (κ3) is 3.98. The average Bonchev–Trinajstić information content (AvgIpc) is 2.74. The van der Waals surface area contributed by atoms with E-state index < -0.39 is 5.97 Å². The summed E-state index contributed by atoms with van der Waals surface area (Å²) in [5.74, 6) is -0.940. The number of hydrogen-bond acceptors (Lipinski definition) is 2. The van der Waals surface area contributed by atoms with Crippen LogP contribution < -0.4 is 5.32 Å². The summed E-state index contributed by atoms with van der Waals surface area (Å²) in [6.07, 6.45) is 4.53. The first-order valence-corrected chi connectivity index (χ1v) is 7.02. The molecule has 1 saturated heterocycles. The lowest BCUT2D eigenvalue weighted by atomic mass is 10.1. The predicted molar refractivity (Wildman–Crippen MR) is 75.7 cm³/mol. The quantitative estimate of drug-likeness (QED) is 0.891. The van der Waals surface area contributed by atoms with E-state index in [0.717, 1.165) is 31.5 Å². The van der Waals surface area contributed by atoms with E-state index in [9.17, 15) is 9.59 Å². The highest BCUT2D eigenvalue weighted by molar-refractivity contribution is 5.87. The molecular weight excluding hydrogens is 256 g/mol. The van der Waals surface area contributed by atoms with Gasteiger partial charge in [-0.25, -0.2) is 9.59 Å². The normalized spacial score (nSPS) is 15.5. The van der Waals surface area contributed by atoms with E-state index in [1.165, 1.54) is 12.8 Å². The number of likely N-dealkylation sites (tertiary alicyclic amines) is 1. The Balaban J connectivity index is 1.84. The first-order valence-electron chi connectivity index (χ1n) is 7.02. The zero-order chi connectivity index (χ0) is 14.4. The lowest BCUT2D eigenvalue weighted by Crippen LogP contribution is -2.40. The van der Waals surface area contributed by atoms with Gasteiger partial charge in [-0.15, -0.1) is 0 Å². The number of rotatable bonds is 3. The van der Waals surface area contributed by atoms with Crippen LogP contribution in [0.1, 0.15) is 41.6 Å². The molecule has 0 aromatic heterocycles. The van der Waals surface area contributed by atoms with Crippen molar-refractivity contribution in [2.24, 2.45) is 0 Å². The zero-order valence-corrected chi connectivity index (χ0v) is 11.5. The van der Waals surface area contributed by atoms with Crippen molar-refractivity contribution in [2.75, 3.05) is 13.1 Å². The molecule has 0 saturated carbocycles. The Bertz CT molecular complexity index is 463. The molecule has 1 aromatic carbocycles. The molecule has 1 aliphatic heterocycles. The fourth-order valence-electron chi connectivity index (χ4n) is 2.33. The lowest BCUT2D eigenvalue weighted by molar-refractivity contribution is 0.0697. The average molecular weight is 276 g/mol. The summed E-state index contributed by atoms with van der Waals surface area (Å²) >= 11 is 0. The number of nitrogens with one attached hydrogen (secondary N) is 1. The second-order valence-corrected chi connectivity index (χ2v) is 5.06. The van der Waals surface area contributed by atoms with E-state index >= 15 is 0 Å². The Morgan fingerprint density at radius 2 is 1.65 bits per heavy atom. The number of carbonyl (C=O) groups is 2. The van der Waals surface area contributed by atoms with Gasteiger partial charge in [-0.1, -0.05) is 25.0 Å². The van der Waals surface area contributed by atoms with Gasteiger partial charge in [0.05, 0.1) is 5.56 Å². The van der Waals surface area contributed by atoms with Crippen molar-refractivity contribution >= 4 is 12.0 Å². The van der Waals surface area contributed by atoms with Gasteiger partial charge >= 0.3 is 12.0 Å². The summed E-state index contributed by atoms with van der Waals surface area (Å²) in [5.41, 5.74) is 1.16. The molecule has 0 aliphatic carbocycles. The van der Waals surface area contributed by atoms with Gasteiger partial charge in [0.15, 0.2) is 0 Å². The van der Waals surface area contributed by atoms with Gasteiger partial charge in [0.25, 0.3) is 0 Å². The van der Waals surface area contributed by atoms with E-state index in [1.54, 1.807) is 24.3 Å². The van der Waals surface area contributed by atoms with Crippen LogP contribution in [0.4, 0.5) is 4.79 Å². The number of amides is 2. The van der Waals surface area contributed by atoms with Crippen LogP contribution in [0.25, 0.3) is 0 Å². The van der Waals surface area contributed by atoms with Crippen molar-refractivity contribution < 1.29 is 14.7 Å². The molecule has 0 atom stereocenters. The largest absolute Gasteiger partial charge is 0.478 e. The molecule has 108 valence electrons. The maximum atomic E-state index is 12.0. The molecule has 20 heavy (non-hydrogen) atoms. The Labute approximate surface area is 118 Å². The maximum absolute atomic E-state index is 12.0. The number of benzene rings is 1. The molecular formula is C15H20N2O3. The first kappa shape index (κ1) is 14.4. The molecule has 1 aliphatic rings. The van der Waals surface area contributed by atoms with Crippen LogP contribution in [-0.2, 0) is 6.54 Å². The number of urea groups is 1. The van der Waals surface area contributed by atoms with Crippen molar-refractivity contribution in [3.8, 4) is 0 Å². The smallest absolute Gasteiger partial charge is 0.335 e. The molecule has 1 aromatic rings. The van der Waals surface area contributed by atoms with E-state index in [1.807, 2.05) is 4.90 Å². The standard InChI is InChI=1S/C15H20N2O3/c18-14(19)13-7-5-12(6-8-13)11-16-15(20)17-9-3-1-2-4-10-17/h5-8H,1-4,9-11H2,(H,16,20)(H,18,19). The molecule has 1 heterocycles. The van der Waals surface area contributed by atoms with Gasteiger partial charge in [0.2, 0.25) is 0 Å². The van der Waals surface area contributed by atoms with Gasteiger partial charge in [-0.2, -0.15) is 0 Å². The number of carboxylic acids is 1. The summed E-state index contributed by atoms with van der Waals surface area (Å²) in [4.78, 5) is 24.6. The fraction of sp³-hybridized carbons (Fsp3) is 0.467. The van der Waals surface area contributed by atoms with Crippen LogP contribution in [0.5, 0.6) is 0 Å². The third-order valence-electron chi connectivity index (χ3n) is 3.54. The number of carboxylic acid groups (broad SMARTS) is 1. The molecule has 1 fully saturated rings. The predicted octanol–water partition coefficient (Wildman–Crippen LogP) is 2.47. The van der Waals surface area contributed by atoms with Gasteiger partial charge in [-0.05, 0) is 30.5 Å². The van der Waals surface area contributed by atoms with Crippen LogP contribution >= 0.6 is 0 Å². The van der Waals surface area contributed by atoms with Crippen LogP contribution in [0, 0.1) is 0 Å². The zero-order valence-electron chi connectivity index (χ0n) is 11.5. The Kier molecular flexibility index (Phi) is 4.98. The minimum atomic E-state index is -0.940. The summed E-state index contributed by atoms with van der Waals surface area (Å²) in [5, 5.41) is 11.7. The van der Waals surface area contributed by atoms with Gasteiger partial charge < -0.3 is 15.3 Å². The van der Waals surface area contributed by atoms with Crippen LogP contribution in [0.2, 0.25) is 0 Å². The van der Waals surface area contributed by atoms with Crippen molar-refractivity contribution in [3.05, 3.63) is 35.4 Å². The first-order chi connectivity index (χ1) is 9.66. The summed E-state index contributed by atoms with van der Waals surface area (Å²) < 4.78 is 0. The summed E-state index contributed by atoms with van der Waals surface area (Å²) in [6, 6.07) is 6.53. The van der Waals surface area contributed by atoms with Crippen molar-refractivity contribution in [2.45, 2.75) is 32.2 Å². The van der Waals surface area contributed by atoms with Gasteiger partial charge in [0, 0.05) is 19.6 Å². The lowest BCUT2D eigenvalue weighted by Gasteiger charge is -2.20. The van der Waals surface area contributed by atoms with Crippen LogP contribution in [-0.4, -0.2) is 35.1 Å². The molecule has 0 spiro atoms. The number of hydrogen-bond donors (Lipinski definition) is 2. The molecule has 0 unspecified atom stereocenters. The second-order valence-electron chi connectivity index (χ2n) is 5.06. The molecule has 2 amide bonds. The summed E-state index contributed by atoms with van der Waals surface area (Å²) in [7, 11) is 0. The fourth-order valence-corrected chi connectivity index (χ4v) is 2.33. The highest BCUT2D eigenvalue weighted by Crippen LogP contribution is 2.10. The monoisotopic (exact) mass is 276 g/mol. The highest BCUT2D eigenvalue weighted by atomic mass is 16.4. The van der Waals surface area contributed by atoms with E-state index in [2.05, 4.69) is 5.32 Å². The number of nitrogens with zero attached hydrogens (tertiary/aromatic N) is 1. The SMILES string of the molecule is O=C(O)c1ccc(CNC(=O)N2CCCCCC2)cc1. The van der Waals surface area contributed by atoms with Crippen LogP contribution in [0.3, 0.4) is 0 Å². The van der Waals surface area contributed by atoms with Crippen molar-refractivity contribution in [3.63, 3.8) is 0 Å². The van der Waals surface area contributed by atoms with Crippen molar-refractivity contribution in [1.82, 2.24) is 10.2 Å². The van der Waals surface area contributed by atoms with E-state index in [4.69, 9.17) is 5.11 Å². The highest BCUT2D eigenvalue weighted by Gasteiger charge is 2.14. The molecule has 0 radical (unpaired) electrons. The topological polar surface area (TPSA) is 69.6 Å². The number of carbonyl (C=O) groups excluding carboxylic acids is 1. The van der Waals surface area contributed by atoms with E-state index in [0.29, 0.717) is 6.54 Å². The Morgan fingerprint density at radius 3 is 2.20 bits per heavy atom. The Hall–Kier alpha value is -2.04.